The predicted molar refractivity (Wildman–Crippen MR) is 90.6 cm³/mol. The average molecular weight is 356 g/mol. The first-order valence-corrected chi connectivity index (χ1v) is 10.2. The van der Waals surface area contributed by atoms with E-state index in [2.05, 4.69) is 4.90 Å². The molecule has 0 bridgehead atoms. The van der Waals surface area contributed by atoms with Crippen molar-refractivity contribution in [3.8, 4) is 0 Å². The highest BCUT2D eigenvalue weighted by molar-refractivity contribution is 7.88. The standard InChI is InChI=1S/C17H25FN2O3S/c18-16-6-4-15(5-7-16)14-24(21,22)20-8-2-1-3-17(20)13-19-9-11-23-12-10-19/h4-7,17H,1-3,8-14H2. The van der Waals surface area contributed by atoms with Crippen LogP contribution in [-0.4, -0.2) is 63.1 Å². The largest absolute Gasteiger partial charge is 0.379 e. The second kappa shape index (κ2) is 7.91. The Labute approximate surface area is 143 Å². The number of ether oxygens (including phenoxy) is 1. The first-order chi connectivity index (χ1) is 11.5. The molecule has 0 saturated carbocycles. The van der Waals surface area contributed by atoms with Gasteiger partial charge in [0.1, 0.15) is 5.82 Å². The lowest BCUT2D eigenvalue weighted by atomic mass is 10.0. The van der Waals surface area contributed by atoms with Gasteiger partial charge in [-0.25, -0.2) is 12.8 Å². The summed E-state index contributed by atoms with van der Waals surface area (Å²) in [4.78, 5) is 2.29. The molecule has 0 aliphatic carbocycles. The van der Waals surface area contributed by atoms with Gasteiger partial charge in [0.25, 0.3) is 0 Å². The second-order valence-electron chi connectivity index (χ2n) is 6.56. The Morgan fingerprint density at radius 1 is 1.08 bits per heavy atom. The van der Waals surface area contributed by atoms with Gasteiger partial charge in [0.2, 0.25) is 10.0 Å². The van der Waals surface area contributed by atoms with Crippen molar-refractivity contribution in [2.75, 3.05) is 39.4 Å². The van der Waals surface area contributed by atoms with Crippen molar-refractivity contribution in [1.82, 2.24) is 9.21 Å². The van der Waals surface area contributed by atoms with Crippen molar-refractivity contribution in [2.45, 2.75) is 31.1 Å². The fourth-order valence-corrected chi connectivity index (χ4v) is 5.29. The summed E-state index contributed by atoms with van der Waals surface area (Å²) < 4.78 is 45.8. The van der Waals surface area contributed by atoms with Gasteiger partial charge in [-0.1, -0.05) is 18.6 Å². The summed E-state index contributed by atoms with van der Waals surface area (Å²) in [6, 6.07) is 5.75. The van der Waals surface area contributed by atoms with Crippen LogP contribution in [0.5, 0.6) is 0 Å². The van der Waals surface area contributed by atoms with Crippen molar-refractivity contribution in [3.05, 3.63) is 35.6 Å². The molecule has 1 atom stereocenters. The molecule has 5 nitrogen and oxygen atoms in total. The summed E-state index contributed by atoms with van der Waals surface area (Å²) in [7, 11) is -3.40. The van der Waals surface area contributed by atoms with Gasteiger partial charge in [-0.05, 0) is 30.5 Å². The molecule has 2 heterocycles. The van der Waals surface area contributed by atoms with E-state index in [9.17, 15) is 12.8 Å². The minimum Gasteiger partial charge on any atom is -0.379 e. The minimum absolute atomic E-state index is 0.0299. The fourth-order valence-electron chi connectivity index (χ4n) is 3.48. The molecule has 134 valence electrons. The third-order valence-electron chi connectivity index (χ3n) is 4.77. The zero-order valence-corrected chi connectivity index (χ0v) is 14.7. The topological polar surface area (TPSA) is 49.9 Å². The lowest BCUT2D eigenvalue weighted by Gasteiger charge is -2.38. The lowest BCUT2D eigenvalue weighted by molar-refractivity contribution is 0.0262. The number of piperidine rings is 1. The molecule has 0 radical (unpaired) electrons. The molecule has 2 aliphatic rings. The summed E-state index contributed by atoms with van der Waals surface area (Å²) in [5.41, 5.74) is 0.632. The Bertz CT molecular complexity index is 630. The van der Waals surface area contributed by atoms with E-state index in [4.69, 9.17) is 4.74 Å². The molecule has 2 aliphatic heterocycles. The van der Waals surface area contributed by atoms with E-state index in [1.807, 2.05) is 0 Å². The van der Waals surface area contributed by atoms with Gasteiger partial charge in [-0.2, -0.15) is 4.31 Å². The van der Waals surface area contributed by atoms with Gasteiger partial charge in [0, 0.05) is 32.2 Å². The molecule has 2 saturated heterocycles. The third-order valence-corrected chi connectivity index (χ3v) is 6.66. The third kappa shape index (κ3) is 4.53. The van der Waals surface area contributed by atoms with E-state index in [1.54, 1.807) is 16.4 Å². The van der Waals surface area contributed by atoms with Crippen LogP contribution in [0.4, 0.5) is 4.39 Å². The number of nitrogens with zero attached hydrogens (tertiary/aromatic N) is 2. The van der Waals surface area contributed by atoms with E-state index < -0.39 is 10.0 Å². The summed E-state index contributed by atoms with van der Waals surface area (Å²) in [6.07, 6.45) is 2.87. The van der Waals surface area contributed by atoms with E-state index in [-0.39, 0.29) is 17.6 Å². The molecule has 2 fully saturated rings. The van der Waals surface area contributed by atoms with Gasteiger partial charge < -0.3 is 4.74 Å². The summed E-state index contributed by atoms with van der Waals surface area (Å²) in [5.74, 6) is -0.410. The first-order valence-electron chi connectivity index (χ1n) is 8.59. The molecule has 24 heavy (non-hydrogen) atoms. The average Bonchev–Trinajstić information content (AvgIpc) is 2.58. The molecule has 0 amide bonds. The Morgan fingerprint density at radius 3 is 2.50 bits per heavy atom. The van der Waals surface area contributed by atoms with Crippen LogP contribution in [0.2, 0.25) is 0 Å². The van der Waals surface area contributed by atoms with Crippen molar-refractivity contribution in [3.63, 3.8) is 0 Å². The molecule has 1 aromatic rings. The number of sulfonamides is 1. The maximum absolute atomic E-state index is 13.0. The predicted octanol–water partition coefficient (Wildman–Crippen LogP) is 1.84. The summed E-state index contributed by atoms with van der Waals surface area (Å²) in [5, 5.41) is 0. The van der Waals surface area contributed by atoms with Crippen molar-refractivity contribution >= 4 is 10.0 Å². The summed E-state index contributed by atoms with van der Waals surface area (Å²) in [6.45, 7) is 4.51. The number of benzene rings is 1. The van der Waals surface area contributed by atoms with Gasteiger partial charge in [0.15, 0.2) is 0 Å². The van der Waals surface area contributed by atoms with E-state index in [1.165, 1.54) is 12.1 Å². The molecule has 0 spiro atoms. The lowest BCUT2D eigenvalue weighted by Crippen LogP contribution is -2.51. The minimum atomic E-state index is -3.40. The van der Waals surface area contributed by atoms with Crippen LogP contribution in [-0.2, 0) is 20.5 Å². The van der Waals surface area contributed by atoms with E-state index >= 15 is 0 Å². The highest BCUT2D eigenvalue weighted by atomic mass is 32.2. The Kier molecular flexibility index (Phi) is 5.86. The fraction of sp³-hybridized carbons (Fsp3) is 0.647. The quantitative estimate of drug-likeness (QED) is 0.808. The highest BCUT2D eigenvalue weighted by Crippen LogP contribution is 2.24. The monoisotopic (exact) mass is 356 g/mol. The van der Waals surface area contributed by atoms with Gasteiger partial charge in [-0.15, -0.1) is 0 Å². The normalized spacial score (nSPS) is 24.1. The smallest absolute Gasteiger partial charge is 0.218 e. The zero-order chi connectivity index (χ0) is 17.0. The maximum Gasteiger partial charge on any atom is 0.218 e. The van der Waals surface area contributed by atoms with Gasteiger partial charge in [-0.3, -0.25) is 4.90 Å². The molecule has 0 aromatic heterocycles. The Hall–Kier alpha value is -1.02. The summed E-state index contributed by atoms with van der Waals surface area (Å²) >= 11 is 0. The van der Waals surface area contributed by atoms with E-state index in [0.717, 1.165) is 52.1 Å². The van der Waals surface area contributed by atoms with Crippen LogP contribution in [0, 0.1) is 5.82 Å². The number of halogens is 1. The molecular formula is C17H25FN2O3S. The number of hydrogen-bond donors (Lipinski definition) is 0. The van der Waals surface area contributed by atoms with Crippen molar-refractivity contribution in [2.24, 2.45) is 0 Å². The molecule has 7 heteroatoms. The molecule has 1 aromatic carbocycles. The Morgan fingerprint density at radius 2 is 1.79 bits per heavy atom. The molecule has 3 rings (SSSR count). The van der Waals surface area contributed by atoms with Crippen molar-refractivity contribution in [1.29, 1.82) is 0 Å². The van der Waals surface area contributed by atoms with Gasteiger partial charge in [0.05, 0.1) is 19.0 Å². The first kappa shape index (κ1) is 17.8. The number of morpholine rings is 1. The Balaban J connectivity index is 1.69. The van der Waals surface area contributed by atoms with E-state index in [0.29, 0.717) is 12.1 Å². The zero-order valence-electron chi connectivity index (χ0n) is 13.9. The van der Waals surface area contributed by atoms with Crippen LogP contribution < -0.4 is 0 Å². The van der Waals surface area contributed by atoms with Crippen LogP contribution >= 0.6 is 0 Å². The number of hydrogen-bond acceptors (Lipinski definition) is 4. The SMILES string of the molecule is O=S(=O)(Cc1ccc(F)cc1)N1CCCCC1CN1CCOCC1. The number of rotatable bonds is 5. The molecule has 1 unspecified atom stereocenters. The second-order valence-corrected chi connectivity index (χ2v) is 8.48. The van der Waals surface area contributed by atoms with Crippen molar-refractivity contribution < 1.29 is 17.5 Å². The van der Waals surface area contributed by atoms with Gasteiger partial charge >= 0.3 is 0 Å². The molecule has 0 N–H and O–H groups in total. The highest BCUT2D eigenvalue weighted by Gasteiger charge is 2.33. The van der Waals surface area contributed by atoms with Crippen LogP contribution in [0.25, 0.3) is 0 Å². The van der Waals surface area contributed by atoms with Crippen LogP contribution in [0.15, 0.2) is 24.3 Å². The maximum atomic E-state index is 13.0. The van der Waals surface area contributed by atoms with Crippen LogP contribution in [0.1, 0.15) is 24.8 Å². The molecular weight excluding hydrogens is 331 g/mol. The van der Waals surface area contributed by atoms with Crippen LogP contribution in [0.3, 0.4) is 0 Å².